The van der Waals surface area contributed by atoms with E-state index in [0.717, 1.165) is 16.8 Å². The normalized spacial score (nSPS) is 16.0. The van der Waals surface area contributed by atoms with Crippen LogP contribution in [-0.4, -0.2) is 29.2 Å². The van der Waals surface area contributed by atoms with Crippen LogP contribution in [0.3, 0.4) is 0 Å². The highest BCUT2D eigenvalue weighted by atomic mass is 35.5. The number of benzene rings is 2. The molecule has 27 heavy (non-hydrogen) atoms. The van der Waals surface area contributed by atoms with Gasteiger partial charge in [-0.25, -0.2) is 4.39 Å². The molecule has 0 N–H and O–H groups in total. The topological polar surface area (TPSA) is 41.9 Å². The van der Waals surface area contributed by atoms with Gasteiger partial charge in [0.25, 0.3) is 0 Å². The summed E-state index contributed by atoms with van der Waals surface area (Å²) in [5.74, 6) is -0.295. The molecule has 0 saturated heterocycles. The van der Waals surface area contributed by atoms with Gasteiger partial charge in [-0.3, -0.25) is 4.79 Å². The van der Waals surface area contributed by atoms with E-state index in [9.17, 15) is 9.18 Å². The molecule has 4 nitrogen and oxygen atoms in total. The van der Waals surface area contributed by atoms with Gasteiger partial charge >= 0.3 is 0 Å². The third kappa shape index (κ3) is 4.99. The van der Waals surface area contributed by atoms with Crippen LogP contribution in [0.15, 0.2) is 47.6 Å². The van der Waals surface area contributed by atoms with Crippen LogP contribution in [-0.2, 0) is 16.2 Å². The highest BCUT2D eigenvalue weighted by molar-refractivity contribution is 6.42. The summed E-state index contributed by atoms with van der Waals surface area (Å²) in [5, 5.41) is 5.08. The van der Waals surface area contributed by atoms with Crippen molar-refractivity contribution in [2.45, 2.75) is 32.4 Å². The zero-order valence-electron chi connectivity index (χ0n) is 14.8. The molecular formula is C20H19Cl2FN2O2. The van der Waals surface area contributed by atoms with E-state index in [2.05, 4.69) is 5.16 Å². The number of oxime groups is 1. The summed E-state index contributed by atoms with van der Waals surface area (Å²) >= 11 is 12.0. The van der Waals surface area contributed by atoms with Crippen molar-refractivity contribution in [3.63, 3.8) is 0 Å². The Morgan fingerprint density at radius 3 is 2.63 bits per heavy atom. The summed E-state index contributed by atoms with van der Waals surface area (Å²) in [7, 11) is 0. The van der Waals surface area contributed by atoms with Crippen LogP contribution in [0.1, 0.15) is 30.9 Å². The van der Waals surface area contributed by atoms with Crippen molar-refractivity contribution < 1.29 is 14.0 Å². The van der Waals surface area contributed by atoms with Gasteiger partial charge in [0.15, 0.2) is 6.10 Å². The number of rotatable bonds is 6. The zero-order valence-corrected chi connectivity index (χ0v) is 16.3. The molecule has 0 saturated carbocycles. The average molecular weight is 409 g/mol. The minimum atomic E-state index is -0.300. The van der Waals surface area contributed by atoms with E-state index < -0.39 is 0 Å². The molecule has 142 valence electrons. The highest BCUT2D eigenvalue weighted by Gasteiger charge is 2.26. The van der Waals surface area contributed by atoms with E-state index in [0.29, 0.717) is 36.0 Å². The van der Waals surface area contributed by atoms with E-state index in [-0.39, 0.29) is 17.8 Å². The lowest BCUT2D eigenvalue weighted by molar-refractivity contribution is -0.133. The van der Waals surface area contributed by atoms with E-state index in [1.165, 1.54) is 12.1 Å². The first-order valence-electron chi connectivity index (χ1n) is 8.66. The summed E-state index contributed by atoms with van der Waals surface area (Å²) in [5.41, 5.74) is 2.48. The molecule has 0 unspecified atom stereocenters. The maximum atomic E-state index is 13.1. The third-order valence-corrected chi connectivity index (χ3v) is 5.09. The summed E-state index contributed by atoms with van der Waals surface area (Å²) in [6.45, 7) is 2.61. The molecule has 7 heteroatoms. The van der Waals surface area contributed by atoms with Gasteiger partial charge in [-0.05, 0) is 29.8 Å². The van der Waals surface area contributed by atoms with E-state index in [1.807, 2.05) is 13.0 Å². The van der Waals surface area contributed by atoms with Crippen LogP contribution in [0.25, 0.3) is 0 Å². The minimum Gasteiger partial charge on any atom is -0.390 e. The molecule has 1 aliphatic heterocycles. The molecule has 1 atom stereocenters. The quantitative estimate of drug-likeness (QED) is 0.669. The van der Waals surface area contributed by atoms with Gasteiger partial charge in [0.2, 0.25) is 5.91 Å². The summed E-state index contributed by atoms with van der Waals surface area (Å²) in [4.78, 5) is 19.6. The summed E-state index contributed by atoms with van der Waals surface area (Å²) in [6, 6.07) is 11.4. The molecule has 2 aromatic rings. The van der Waals surface area contributed by atoms with Gasteiger partial charge in [0.05, 0.1) is 22.3 Å². The molecule has 1 amide bonds. The molecule has 0 aromatic heterocycles. The monoisotopic (exact) mass is 408 g/mol. The number of carbonyl (C=O) groups is 1. The Kier molecular flexibility index (Phi) is 6.34. The molecule has 1 heterocycles. The summed E-state index contributed by atoms with van der Waals surface area (Å²) in [6.07, 6.45) is 0.703. The average Bonchev–Trinajstić information content (AvgIpc) is 3.13. The Labute approximate surface area is 167 Å². The van der Waals surface area contributed by atoms with Crippen molar-refractivity contribution in [3.8, 4) is 0 Å². The Hall–Kier alpha value is -2.11. The predicted octanol–water partition coefficient (Wildman–Crippen LogP) is 5.06. The van der Waals surface area contributed by atoms with Crippen molar-refractivity contribution in [2.24, 2.45) is 5.16 Å². The number of amides is 1. The van der Waals surface area contributed by atoms with Crippen molar-refractivity contribution >= 4 is 34.8 Å². The molecular weight excluding hydrogens is 390 g/mol. The van der Waals surface area contributed by atoms with Gasteiger partial charge in [-0.2, -0.15) is 0 Å². The first-order chi connectivity index (χ1) is 13.0. The Balaban J connectivity index is 1.65. The fourth-order valence-electron chi connectivity index (χ4n) is 2.91. The number of halogens is 3. The third-order valence-electron chi connectivity index (χ3n) is 4.35. The van der Waals surface area contributed by atoms with Gasteiger partial charge in [-0.15, -0.1) is 0 Å². The van der Waals surface area contributed by atoms with Crippen LogP contribution >= 0.6 is 23.2 Å². The predicted molar refractivity (Wildman–Crippen MR) is 105 cm³/mol. The maximum absolute atomic E-state index is 13.1. The van der Waals surface area contributed by atoms with E-state index >= 15 is 0 Å². The minimum absolute atomic E-state index is 0.00547. The zero-order chi connectivity index (χ0) is 19.4. The van der Waals surface area contributed by atoms with Crippen molar-refractivity contribution in [1.29, 1.82) is 0 Å². The molecule has 0 radical (unpaired) electrons. The first kappa shape index (κ1) is 19.6. The second-order valence-corrected chi connectivity index (χ2v) is 7.17. The van der Waals surface area contributed by atoms with Crippen molar-refractivity contribution in [2.75, 3.05) is 6.54 Å². The van der Waals surface area contributed by atoms with Gasteiger partial charge in [0, 0.05) is 24.9 Å². The van der Waals surface area contributed by atoms with Gasteiger partial charge in [-0.1, -0.05) is 53.5 Å². The van der Waals surface area contributed by atoms with Crippen LogP contribution in [0, 0.1) is 5.82 Å². The van der Waals surface area contributed by atoms with Crippen molar-refractivity contribution in [1.82, 2.24) is 4.90 Å². The Morgan fingerprint density at radius 2 is 1.96 bits per heavy atom. The molecule has 3 rings (SSSR count). The van der Waals surface area contributed by atoms with Gasteiger partial charge in [0.1, 0.15) is 5.82 Å². The lowest BCUT2D eigenvalue weighted by Gasteiger charge is -2.24. The van der Waals surface area contributed by atoms with Crippen molar-refractivity contribution in [3.05, 3.63) is 69.5 Å². The Morgan fingerprint density at radius 1 is 1.22 bits per heavy atom. The number of hydrogen-bond acceptors (Lipinski definition) is 3. The fraction of sp³-hybridized carbons (Fsp3) is 0.300. The van der Waals surface area contributed by atoms with E-state index in [1.54, 1.807) is 29.2 Å². The van der Waals surface area contributed by atoms with Crippen LogP contribution in [0.4, 0.5) is 4.39 Å². The van der Waals surface area contributed by atoms with Crippen LogP contribution in [0.5, 0.6) is 0 Å². The smallest absolute Gasteiger partial charge is 0.222 e. The van der Waals surface area contributed by atoms with E-state index in [4.69, 9.17) is 28.0 Å². The Bertz CT molecular complexity index is 856. The molecule has 2 aromatic carbocycles. The SMILES string of the molecule is CCC(=O)N(Cc1ccc(F)cc1)C[C@@H]1CC(c2ccc(Cl)c(Cl)c2)=NO1. The maximum Gasteiger partial charge on any atom is 0.222 e. The molecule has 0 bridgehead atoms. The highest BCUT2D eigenvalue weighted by Crippen LogP contribution is 2.26. The number of carbonyl (C=O) groups excluding carboxylic acids is 1. The second-order valence-electron chi connectivity index (χ2n) is 6.35. The largest absolute Gasteiger partial charge is 0.390 e. The molecule has 0 fully saturated rings. The van der Waals surface area contributed by atoms with Crippen LogP contribution in [0.2, 0.25) is 10.0 Å². The molecule has 0 aliphatic carbocycles. The number of hydrogen-bond donors (Lipinski definition) is 0. The fourth-order valence-corrected chi connectivity index (χ4v) is 3.20. The summed E-state index contributed by atoms with van der Waals surface area (Å²) < 4.78 is 13.1. The standard InChI is InChI=1S/C20H19Cl2FN2O2/c1-2-20(26)25(11-13-3-6-15(23)7-4-13)12-16-10-19(24-27-16)14-5-8-17(21)18(22)9-14/h3-9,16H,2,10-12H2,1H3/t16-/m0/s1. The lowest BCUT2D eigenvalue weighted by Crippen LogP contribution is -2.36. The lowest BCUT2D eigenvalue weighted by atomic mass is 10.0. The second kappa shape index (κ2) is 8.72. The first-order valence-corrected chi connectivity index (χ1v) is 9.42. The van der Waals surface area contributed by atoms with Gasteiger partial charge < -0.3 is 9.74 Å². The molecule has 0 spiro atoms. The number of nitrogens with zero attached hydrogens (tertiary/aromatic N) is 2. The molecule has 1 aliphatic rings. The van der Waals surface area contributed by atoms with Crippen LogP contribution < -0.4 is 0 Å².